The predicted molar refractivity (Wildman–Crippen MR) is 81.0 cm³/mol. The number of anilines is 1. The molecule has 0 aromatic carbocycles. The number of piperidine rings is 1. The predicted octanol–water partition coefficient (Wildman–Crippen LogP) is 0.469. The van der Waals surface area contributed by atoms with E-state index in [0.29, 0.717) is 12.5 Å². The molecule has 0 aliphatic carbocycles. The van der Waals surface area contributed by atoms with Gasteiger partial charge in [0.25, 0.3) is 0 Å². The lowest BCUT2D eigenvalue weighted by atomic mass is 9.96. The van der Waals surface area contributed by atoms with Crippen LogP contribution in [-0.4, -0.2) is 43.5 Å². The fourth-order valence-corrected chi connectivity index (χ4v) is 2.55. The molecule has 0 spiro atoms. The summed E-state index contributed by atoms with van der Waals surface area (Å²) in [6.07, 6.45) is 3.85. The van der Waals surface area contributed by atoms with Crippen molar-refractivity contribution >= 4 is 17.5 Å². The van der Waals surface area contributed by atoms with Crippen LogP contribution in [-0.2, 0) is 9.59 Å². The molecule has 2 N–H and O–H groups in total. The van der Waals surface area contributed by atoms with E-state index in [0.717, 1.165) is 31.6 Å². The molecule has 0 unspecified atom stereocenters. The Balaban J connectivity index is 1.78. The highest BCUT2D eigenvalue weighted by Crippen LogP contribution is 2.22. The molecule has 1 aliphatic rings. The number of nitrogens with one attached hydrogen (secondary N) is 2. The van der Waals surface area contributed by atoms with Crippen molar-refractivity contribution < 1.29 is 9.59 Å². The van der Waals surface area contributed by atoms with Crippen molar-refractivity contribution in [3.8, 4) is 0 Å². The van der Waals surface area contributed by atoms with Crippen molar-refractivity contribution in [3.63, 3.8) is 0 Å². The highest BCUT2D eigenvalue weighted by Gasteiger charge is 2.21. The molecule has 21 heavy (non-hydrogen) atoms. The van der Waals surface area contributed by atoms with Crippen molar-refractivity contribution in [1.29, 1.82) is 0 Å². The van der Waals surface area contributed by atoms with E-state index in [1.807, 2.05) is 19.2 Å². The monoisotopic (exact) mass is 290 g/mol. The normalized spacial score (nSPS) is 15.6. The standard InChI is InChI=1S/C15H22N4O2/c1-11-9-13(3-6-17-11)19-7-4-12(5-8-19)10-18-15(21)14(20)16-2/h3,6,9,12H,4-5,7-8,10H2,1-2H3,(H,16,20)(H,18,21). The van der Waals surface area contributed by atoms with E-state index in [1.54, 1.807) is 0 Å². The minimum absolute atomic E-state index is 0.429. The summed E-state index contributed by atoms with van der Waals surface area (Å²) >= 11 is 0. The number of amides is 2. The van der Waals surface area contributed by atoms with Gasteiger partial charge < -0.3 is 15.5 Å². The van der Waals surface area contributed by atoms with Crippen LogP contribution < -0.4 is 15.5 Å². The van der Waals surface area contributed by atoms with E-state index >= 15 is 0 Å². The van der Waals surface area contributed by atoms with Crippen LogP contribution in [0.5, 0.6) is 0 Å². The number of nitrogens with zero attached hydrogens (tertiary/aromatic N) is 2. The van der Waals surface area contributed by atoms with Gasteiger partial charge >= 0.3 is 11.8 Å². The Morgan fingerprint density at radius 3 is 2.67 bits per heavy atom. The van der Waals surface area contributed by atoms with Crippen LogP contribution in [0.4, 0.5) is 5.69 Å². The Morgan fingerprint density at radius 1 is 1.33 bits per heavy atom. The number of aryl methyl sites for hydroxylation is 1. The Morgan fingerprint density at radius 2 is 2.05 bits per heavy atom. The maximum Gasteiger partial charge on any atom is 0.309 e. The maximum absolute atomic E-state index is 11.4. The zero-order valence-corrected chi connectivity index (χ0v) is 12.6. The second-order valence-electron chi connectivity index (χ2n) is 5.37. The van der Waals surface area contributed by atoms with E-state index in [4.69, 9.17) is 0 Å². The molecule has 114 valence electrons. The molecular formula is C15H22N4O2. The van der Waals surface area contributed by atoms with Gasteiger partial charge in [-0.1, -0.05) is 0 Å². The lowest BCUT2D eigenvalue weighted by Crippen LogP contribution is -2.43. The Hall–Kier alpha value is -2.11. The summed E-state index contributed by atoms with van der Waals surface area (Å²) < 4.78 is 0. The van der Waals surface area contributed by atoms with Gasteiger partial charge in [-0.15, -0.1) is 0 Å². The summed E-state index contributed by atoms with van der Waals surface area (Å²) in [6.45, 7) is 4.48. The van der Waals surface area contributed by atoms with Gasteiger partial charge in [-0.05, 0) is 37.8 Å². The quantitative estimate of drug-likeness (QED) is 0.794. The average Bonchev–Trinajstić information content (AvgIpc) is 2.52. The zero-order chi connectivity index (χ0) is 15.2. The van der Waals surface area contributed by atoms with Crippen LogP contribution in [0.2, 0.25) is 0 Å². The number of aromatic nitrogens is 1. The van der Waals surface area contributed by atoms with Crippen molar-refractivity contribution in [2.75, 3.05) is 31.6 Å². The van der Waals surface area contributed by atoms with Gasteiger partial charge in [0, 0.05) is 44.3 Å². The molecule has 0 radical (unpaired) electrons. The fraction of sp³-hybridized carbons (Fsp3) is 0.533. The molecule has 1 aliphatic heterocycles. The molecule has 1 fully saturated rings. The maximum atomic E-state index is 11.4. The van der Waals surface area contributed by atoms with Crippen LogP contribution >= 0.6 is 0 Å². The minimum Gasteiger partial charge on any atom is -0.371 e. The third kappa shape index (κ3) is 4.18. The minimum atomic E-state index is -0.584. The molecule has 1 aromatic heterocycles. The van der Waals surface area contributed by atoms with Gasteiger partial charge in [-0.25, -0.2) is 0 Å². The van der Waals surface area contributed by atoms with Gasteiger partial charge in [-0.2, -0.15) is 0 Å². The first-order chi connectivity index (χ1) is 10.1. The van der Waals surface area contributed by atoms with E-state index < -0.39 is 11.8 Å². The summed E-state index contributed by atoms with van der Waals surface area (Å²) in [6, 6.07) is 4.12. The molecule has 0 saturated carbocycles. The summed E-state index contributed by atoms with van der Waals surface area (Å²) in [4.78, 5) is 29.1. The van der Waals surface area contributed by atoms with Gasteiger partial charge in [0.1, 0.15) is 0 Å². The van der Waals surface area contributed by atoms with Crippen LogP contribution in [0.25, 0.3) is 0 Å². The molecule has 2 rings (SSSR count). The second-order valence-corrected chi connectivity index (χ2v) is 5.37. The third-order valence-electron chi connectivity index (χ3n) is 3.84. The molecule has 1 saturated heterocycles. The largest absolute Gasteiger partial charge is 0.371 e. The first kappa shape index (κ1) is 15.3. The molecule has 6 nitrogen and oxygen atoms in total. The molecule has 2 heterocycles. The van der Waals surface area contributed by atoms with E-state index in [1.165, 1.54) is 12.7 Å². The number of pyridine rings is 1. The van der Waals surface area contributed by atoms with Crippen molar-refractivity contribution in [2.24, 2.45) is 5.92 Å². The van der Waals surface area contributed by atoms with Gasteiger partial charge in [0.15, 0.2) is 0 Å². The van der Waals surface area contributed by atoms with Gasteiger partial charge in [0.2, 0.25) is 0 Å². The molecule has 1 aromatic rings. The first-order valence-electron chi connectivity index (χ1n) is 7.27. The third-order valence-corrected chi connectivity index (χ3v) is 3.84. The summed E-state index contributed by atoms with van der Waals surface area (Å²) in [5, 5.41) is 5.01. The number of hydrogen-bond acceptors (Lipinski definition) is 4. The fourth-order valence-electron chi connectivity index (χ4n) is 2.55. The van der Waals surface area contributed by atoms with E-state index in [9.17, 15) is 9.59 Å². The van der Waals surface area contributed by atoms with Gasteiger partial charge in [0.05, 0.1) is 0 Å². The number of hydrogen-bond donors (Lipinski definition) is 2. The molecule has 2 amide bonds. The highest BCUT2D eigenvalue weighted by atomic mass is 16.2. The second kappa shape index (κ2) is 7.06. The first-order valence-corrected chi connectivity index (χ1v) is 7.27. The smallest absolute Gasteiger partial charge is 0.309 e. The highest BCUT2D eigenvalue weighted by molar-refractivity contribution is 6.34. The Bertz CT molecular complexity index is 510. The lowest BCUT2D eigenvalue weighted by Gasteiger charge is -2.33. The van der Waals surface area contributed by atoms with Crippen LogP contribution in [0.3, 0.4) is 0 Å². The Labute approximate surface area is 124 Å². The number of rotatable bonds is 3. The van der Waals surface area contributed by atoms with Crippen molar-refractivity contribution in [2.45, 2.75) is 19.8 Å². The average molecular weight is 290 g/mol. The number of likely N-dealkylation sites (N-methyl/N-ethyl adjacent to an activating group) is 1. The summed E-state index contributed by atoms with van der Waals surface area (Å²) in [5.41, 5.74) is 2.22. The van der Waals surface area contributed by atoms with Crippen LogP contribution in [0, 0.1) is 12.8 Å². The molecular weight excluding hydrogens is 268 g/mol. The lowest BCUT2D eigenvalue weighted by molar-refractivity contribution is -0.139. The molecule has 6 heteroatoms. The van der Waals surface area contributed by atoms with Crippen molar-refractivity contribution in [1.82, 2.24) is 15.6 Å². The zero-order valence-electron chi connectivity index (χ0n) is 12.6. The Kier molecular flexibility index (Phi) is 5.14. The number of carbonyl (C=O) groups excluding carboxylic acids is 2. The summed E-state index contributed by atoms with van der Waals surface area (Å²) in [7, 11) is 1.46. The van der Waals surface area contributed by atoms with E-state index in [2.05, 4.69) is 26.6 Å². The molecule has 0 atom stereocenters. The van der Waals surface area contributed by atoms with Gasteiger partial charge in [-0.3, -0.25) is 14.6 Å². The number of carbonyl (C=O) groups is 2. The van der Waals surface area contributed by atoms with Crippen molar-refractivity contribution in [3.05, 3.63) is 24.0 Å². The van der Waals surface area contributed by atoms with Crippen LogP contribution in [0.1, 0.15) is 18.5 Å². The topological polar surface area (TPSA) is 74.3 Å². The van der Waals surface area contributed by atoms with Crippen LogP contribution in [0.15, 0.2) is 18.3 Å². The van der Waals surface area contributed by atoms with E-state index in [-0.39, 0.29) is 0 Å². The SMILES string of the molecule is CNC(=O)C(=O)NCC1CCN(c2ccnc(C)c2)CC1. The molecule has 0 bridgehead atoms. The summed E-state index contributed by atoms with van der Waals surface area (Å²) in [5.74, 6) is -0.706.